The number of nitrogens with zero attached hydrogens (tertiary/aromatic N) is 1. The zero-order valence-electron chi connectivity index (χ0n) is 10.9. The molecule has 19 heavy (non-hydrogen) atoms. The summed E-state index contributed by atoms with van der Waals surface area (Å²) in [6.07, 6.45) is 4.95. The van der Waals surface area contributed by atoms with E-state index in [1.165, 1.54) is 25.7 Å². The van der Waals surface area contributed by atoms with Crippen LogP contribution < -0.4 is 4.90 Å². The van der Waals surface area contributed by atoms with E-state index in [2.05, 4.69) is 15.9 Å². The molecular weight excluding hydrogens is 313 g/mol. The van der Waals surface area contributed by atoms with Gasteiger partial charge in [0.25, 0.3) is 0 Å². The molecule has 0 heterocycles. The molecule has 0 radical (unpaired) electrons. The molecule has 0 unspecified atom stereocenters. The van der Waals surface area contributed by atoms with Crippen LogP contribution >= 0.6 is 15.9 Å². The summed E-state index contributed by atoms with van der Waals surface area (Å²) >= 11 is 3.32. The number of rotatable bonds is 2. The average Bonchev–Trinajstić information content (AvgIpc) is 2.42. The molecule has 1 aliphatic rings. The van der Waals surface area contributed by atoms with Crippen LogP contribution in [0.2, 0.25) is 0 Å². The van der Waals surface area contributed by atoms with Gasteiger partial charge >= 0.3 is 6.09 Å². The number of benzene rings is 1. The van der Waals surface area contributed by atoms with Gasteiger partial charge in [-0.25, -0.2) is 9.18 Å². The van der Waals surface area contributed by atoms with E-state index in [1.807, 2.05) is 0 Å². The molecule has 1 amide bonds. The first-order valence-corrected chi connectivity index (χ1v) is 7.25. The van der Waals surface area contributed by atoms with E-state index in [0.29, 0.717) is 10.2 Å². The van der Waals surface area contributed by atoms with Crippen LogP contribution in [0, 0.1) is 5.82 Å². The van der Waals surface area contributed by atoms with Crippen molar-refractivity contribution in [2.24, 2.45) is 0 Å². The zero-order chi connectivity index (χ0) is 13.8. The van der Waals surface area contributed by atoms with Crippen molar-refractivity contribution in [3.63, 3.8) is 0 Å². The molecule has 1 saturated carbocycles. The molecule has 2 rings (SSSR count). The Kier molecular flexibility index (Phi) is 4.80. The Hall–Kier alpha value is -1.10. The van der Waals surface area contributed by atoms with E-state index in [4.69, 9.17) is 4.74 Å². The lowest BCUT2D eigenvalue weighted by Crippen LogP contribution is -2.41. The van der Waals surface area contributed by atoms with Crippen molar-refractivity contribution < 1.29 is 13.9 Å². The number of carbonyl (C=O) groups excluding carboxylic acids is 1. The number of methoxy groups -OCH3 is 1. The number of anilines is 1. The SMILES string of the molecule is COC(=O)N(c1ccc(F)cc1Br)C1CCCCC1. The quantitative estimate of drug-likeness (QED) is 0.799. The van der Waals surface area contributed by atoms with Gasteiger partial charge in [-0.3, -0.25) is 4.90 Å². The Morgan fingerprint density at radius 3 is 2.63 bits per heavy atom. The minimum absolute atomic E-state index is 0.128. The van der Waals surface area contributed by atoms with Gasteiger partial charge in [-0.15, -0.1) is 0 Å². The number of ether oxygens (including phenoxy) is 1. The molecule has 0 spiro atoms. The van der Waals surface area contributed by atoms with Gasteiger partial charge in [0, 0.05) is 10.5 Å². The summed E-state index contributed by atoms with van der Waals surface area (Å²) in [6, 6.07) is 4.47. The van der Waals surface area contributed by atoms with Crippen LogP contribution in [0.15, 0.2) is 22.7 Å². The normalized spacial score (nSPS) is 16.2. The molecule has 5 heteroatoms. The molecule has 0 N–H and O–H groups in total. The van der Waals surface area contributed by atoms with Crippen LogP contribution in [0.1, 0.15) is 32.1 Å². The molecule has 0 aliphatic heterocycles. The summed E-state index contributed by atoms with van der Waals surface area (Å²) in [4.78, 5) is 13.7. The van der Waals surface area contributed by atoms with Crippen LogP contribution in [0.5, 0.6) is 0 Å². The summed E-state index contributed by atoms with van der Waals surface area (Å²) in [5.41, 5.74) is 0.667. The highest BCUT2D eigenvalue weighted by molar-refractivity contribution is 9.10. The monoisotopic (exact) mass is 329 g/mol. The lowest BCUT2D eigenvalue weighted by Gasteiger charge is -2.33. The van der Waals surface area contributed by atoms with E-state index in [9.17, 15) is 9.18 Å². The molecule has 1 aliphatic carbocycles. The van der Waals surface area contributed by atoms with Gasteiger partial charge in [0.1, 0.15) is 5.82 Å². The maximum Gasteiger partial charge on any atom is 0.414 e. The predicted molar refractivity (Wildman–Crippen MR) is 75.9 cm³/mol. The van der Waals surface area contributed by atoms with Crippen molar-refractivity contribution in [3.05, 3.63) is 28.5 Å². The molecule has 1 aromatic carbocycles. The molecule has 3 nitrogen and oxygen atoms in total. The second kappa shape index (κ2) is 6.37. The maximum atomic E-state index is 13.2. The third kappa shape index (κ3) is 3.26. The van der Waals surface area contributed by atoms with Crippen LogP contribution in [0.4, 0.5) is 14.9 Å². The summed E-state index contributed by atoms with van der Waals surface area (Å²) in [6.45, 7) is 0. The van der Waals surface area contributed by atoms with Gasteiger partial charge < -0.3 is 4.74 Å². The predicted octanol–water partition coefficient (Wildman–Crippen LogP) is 4.49. The lowest BCUT2D eigenvalue weighted by atomic mass is 9.94. The Labute approximate surface area is 120 Å². The lowest BCUT2D eigenvalue weighted by molar-refractivity contribution is 0.173. The number of amides is 1. The van der Waals surface area contributed by atoms with Crippen molar-refractivity contribution in [1.82, 2.24) is 0 Å². The highest BCUT2D eigenvalue weighted by Crippen LogP contribution is 2.33. The Morgan fingerprint density at radius 1 is 1.37 bits per heavy atom. The second-order valence-corrected chi connectivity index (χ2v) is 5.58. The molecule has 0 bridgehead atoms. The van der Waals surface area contributed by atoms with Gasteiger partial charge in [-0.1, -0.05) is 19.3 Å². The van der Waals surface area contributed by atoms with Crippen LogP contribution in [-0.2, 0) is 4.74 Å². The largest absolute Gasteiger partial charge is 0.452 e. The summed E-state index contributed by atoms with van der Waals surface area (Å²) < 4.78 is 18.6. The summed E-state index contributed by atoms with van der Waals surface area (Å²) in [7, 11) is 1.37. The van der Waals surface area contributed by atoms with E-state index in [0.717, 1.165) is 25.7 Å². The fourth-order valence-corrected chi connectivity index (χ4v) is 3.10. The second-order valence-electron chi connectivity index (χ2n) is 4.73. The molecule has 0 atom stereocenters. The van der Waals surface area contributed by atoms with E-state index >= 15 is 0 Å². The first-order valence-electron chi connectivity index (χ1n) is 6.45. The molecule has 0 saturated heterocycles. The number of hydrogen-bond acceptors (Lipinski definition) is 2. The fraction of sp³-hybridized carbons (Fsp3) is 0.500. The van der Waals surface area contributed by atoms with Gasteiger partial charge in [0.05, 0.1) is 12.8 Å². The van der Waals surface area contributed by atoms with Crippen LogP contribution in [-0.4, -0.2) is 19.2 Å². The van der Waals surface area contributed by atoms with Crippen molar-refractivity contribution in [1.29, 1.82) is 0 Å². The summed E-state index contributed by atoms with van der Waals surface area (Å²) in [5.74, 6) is -0.330. The molecule has 1 aromatic rings. The van der Waals surface area contributed by atoms with Crippen LogP contribution in [0.25, 0.3) is 0 Å². The Balaban J connectivity index is 2.33. The van der Waals surface area contributed by atoms with E-state index < -0.39 is 0 Å². The van der Waals surface area contributed by atoms with Crippen molar-refractivity contribution in [3.8, 4) is 0 Å². The Bertz CT molecular complexity index is 461. The molecular formula is C14H17BrFNO2. The van der Waals surface area contributed by atoms with Gasteiger partial charge in [-0.2, -0.15) is 0 Å². The van der Waals surface area contributed by atoms with Gasteiger partial charge in [0.15, 0.2) is 0 Å². The third-order valence-electron chi connectivity index (χ3n) is 3.48. The van der Waals surface area contributed by atoms with Crippen molar-refractivity contribution >= 4 is 27.7 Å². The number of halogens is 2. The Morgan fingerprint density at radius 2 is 2.05 bits per heavy atom. The van der Waals surface area contributed by atoms with Crippen molar-refractivity contribution in [2.45, 2.75) is 38.1 Å². The van der Waals surface area contributed by atoms with Gasteiger partial charge in [-0.05, 0) is 47.0 Å². The van der Waals surface area contributed by atoms with E-state index in [1.54, 1.807) is 11.0 Å². The fourth-order valence-electron chi connectivity index (χ4n) is 2.56. The van der Waals surface area contributed by atoms with Gasteiger partial charge in [0.2, 0.25) is 0 Å². The topological polar surface area (TPSA) is 29.5 Å². The first-order chi connectivity index (χ1) is 9.13. The smallest absolute Gasteiger partial charge is 0.414 e. The standard InChI is InChI=1S/C14H17BrFNO2/c1-19-14(18)17(11-5-3-2-4-6-11)13-8-7-10(16)9-12(13)15/h7-9,11H,2-6H2,1H3. The highest BCUT2D eigenvalue weighted by Gasteiger charge is 2.28. The minimum atomic E-state index is -0.390. The van der Waals surface area contributed by atoms with E-state index in [-0.39, 0.29) is 18.0 Å². The maximum absolute atomic E-state index is 13.2. The molecule has 104 valence electrons. The first kappa shape index (κ1) is 14.3. The third-order valence-corrected chi connectivity index (χ3v) is 4.12. The minimum Gasteiger partial charge on any atom is -0.452 e. The number of carbonyl (C=O) groups is 1. The number of hydrogen-bond donors (Lipinski definition) is 0. The zero-order valence-corrected chi connectivity index (χ0v) is 12.5. The van der Waals surface area contributed by atoms with Crippen molar-refractivity contribution in [2.75, 3.05) is 12.0 Å². The molecule has 0 aromatic heterocycles. The average molecular weight is 330 g/mol. The molecule has 1 fully saturated rings. The summed E-state index contributed by atoms with van der Waals surface area (Å²) in [5, 5.41) is 0. The van der Waals surface area contributed by atoms with Crippen LogP contribution in [0.3, 0.4) is 0 Å². The highest BCUT2D eigenvalue weighted by atomic mass is 79.9.